The Balaban J connectivity index is 1.94. The molecule has 1 aliphatic carbocycles. The predicted molar refractivity (Wildman–Crippen MR) is 111 cm³/mol. The first kappa shape index (κ1) is 18.3. The Morgan fingerprint density at radius 3 is 3.04 bits per heavy atom. The van der Waals surface area contributed by atoms with E-state index >= 15 is 0 Å². The van der Waals surface area contributed by atoms with Crippen molar-refractivity contribution in [3.63, 3.8) is 0 Å². The summed E-state index contributed by atoms with van der Waals surface area (Å²) in [6, 6.07) is 1.99. The number of nitrogens with one attached hydrogen (secondary N) is 1. The summed E-state index contributed by atoms with van der Waals surface area (Å²) in [6.07, 6.45) is 12.8. The van der Waals surface area contributed by atoms with Gasteiger partial charge in [-0.05, 0) is 30.9 Å². The van der Waals surface area contributed by atoms with E-state index in [4.69, 9.17) is 0 Å². The van der Waals surface area contributed by atoms with Crippen molar-refractivity contribution in [1.82, 2.24) is 10.3 Å². The van der Waals surface area contributed by atoms with Gasteiger partial charge in [0.25, 0.3) is 0 Å². The van der Waals surface area contributed by atoms with Crippen molar-refractivity contribution in [2.24, 2.45) is 10.9 Å². The number of anilines is 1. The van der Waals surface area contributed by atoms with Gasteiger partial charge in [-0.25, -0.2) is 9.98 Å². The van der Waals surface area contributed by atoms with Crippen LogP contribution in [0.25, 0.3) is 10.2 Å². The molecule has 0 radical (unpaired) electrons. The number of thiophene rings is 1. The fourth-order valence-corrected chi connectivity index (χ4v) is 3.92. The number of carbonyl (C=O) groups excluding carboxylic acids is 1. The molecule has 0 saturated heterocycles. The Morgan fingerprint density at radius 1 is 1.50 bits per heavy atom. The number of pyridine rings is 1. The Labute approximate surface area is 158 Å². The number of rotatable bonds is 7. The molecule has 5 nitrogen and oxygen atoms in total. The molecule has 1 atom stereocenters. The summed E-state index contributed by atoms with van der Waals surface area (Å²) in [5.41, 5.74) is 2.77. The van der Waals surface area contributed by atoms with Gasteiger partial charge in [0.05, 0.1) is 28.0 Å². The molecule has 0 bridgehead atoms. The van der Waals surface area contributed by atoms with Crippen LogP contribution in [0.1, 0.15) is 36.4 Å². The number of aromatic nitrogens is 1. The third kappa shape index (κ3) is 3.85. The smallest absolute Gasteiger partial charge is 0.162 e. The zero-order valence-electron chi connectivity index (χ0n) is 15.4. The van der Waals surface area contributed by atoms with Gasteiger partial charge in [0, 0.05) is 25.5 Å². The van der Waals surface area contributed by atoms with E-state index in [1.165, 1.54) is 11.3 Å². The highest BCUT2D eigenvalue weighted by Crippen LogP contribution is 2.41. The topological polar surface area (TPSA) is 57.6 Å². The predicted octanol–water partition coefficient (Wildman–Crippen LogP) is 4.68. The molecular weight excluding hydrogens is 344 g/mol. The molecule has 2 heterocycles. The zero-order valence-corrected chi connectivity index (χ0v) is 16.2. The van der Waals surface area contributed by atoms with Crippen molar-refractivity contribution in [2.75, 3.05) is 18.5 Å². The van der Waals surface area contributed by atoms with Crippen molar-refractivity contribution in [1.29, 1.82) is 0 Å². The van der Waals surface area contributed by atoms with Crippen molar-refractivity contribution in [3.05, 3.63) is 41.1 Å². The Kier molecular flexibility index (Phi) is 5.83. The van der Waals surface area contributed by atoms with E-state index < -0.39 is 0 Å². The minimum absolute atomic E-state index is 0.572. The molecule has 1 unspecified atom stereocenters. The second kappa shape index (κ2) is 8.27. The fourth-order valence-electron chi connectivity index (χ4n) is 3.00. The van der Waals surface area contributed by atoms with E-state index in [1.807, 2.05) is 6.07 Å². The largest absolute Gasteiger partial charge is 0.374 e. The number of allylic oxidation sites excluding steroid dienone is 3. The number of aliphatic imine (C=N–C) groups is 1. The van der Waals surface area contributed by atoms with Crippen LogP contribution in [0.4, 0.5) is 11.4 Å². The van der Waals surface area contributed by atoms with Gasteiger partial charge in [-0.3, -0.25) is 4.79 Å². The number of aldehydes is 1. The van der Waals surface area contributed by atoms with E-state index in [0.717, 1.165) is 47.3 Å². The van der Waals surface area contributed by atoms with Crippen LogP contribution in [0.2, 0.25) is 0 Å². The first-order valence-corrected chi connectivity index (χ1v) is 9.71. The quantitative estimate of drug-likeness (QED) is 0.438. The van der Waals surface area contributed by atoms with Crippen molar-refractivity contribution < 1.29 is 4.79 Å². The molecule has 0 fully saturated rings. The highest BCUT2D eigenvalue weighted by Gasteiger charge is 2.17. The maximum atomic E-state index is 11.6. The lowest BCUT2D eigenvalue weighted by Gasteiger charge is -2.19. The van der Waals surface area contributed by atoms with Crippen LogP contribution in [0.15, 0.2) is 41.2 Å². The van der Waals surface area contributed by atoms with Gasteiger partial charge in [-0.15, -0.1) is 11.3 Å². The summed E-state index contributed by atoms with van der Waals surface area (Å²) >= 11 is 1.38. The van der Waals surface area contributed by atoms with Crippen LogP contribution in [-0.2, 0) is 0 Å². The van der Waals surface area contributed by atoms with Crippen LogP contribution in [0.3, 0.4) is 0 Å². The molecule has 6 heteroatoms. The maximum Gasteiger partial charge on any atom is 0.162 e. The molecule has 136 valence electrons. The average molecular weight is 369 g/mol. The lowest BCUT2D eigenvalue weighted by Crippen LogP contribution is -2.17. The maximum absolute atomic E-state index is 11.6. The van der Waals surface area contributed by atoms with Crippen molar-refractivity contribution >= 4 is 45.6 Å². The van der Waals surface area contributed by atoms with Crippen LogP contribution in [0.5, 0.6) is 0 Å². The number of nitrogens with zero attached hydrogens (tertiary/aromatic N) is 3. The van der Waals surface area contributed by atoms with E-state index in [2.05, 4.69) is 59.3 Å². The van der Waals surface area contributed by atoms with Gasteiger partial charge in [0.2, 0.25) is 0 Å². The summed E-state index contributed by atoms with van der Waals surface area (Å²) < 4.78 is 0. The van der Waals surface area contributed by atoms with Gasteiger partial charge in [0.1, 0.15) is 4.83 Å². The number of carbonyl (C=O) groups is 1. The van der Waals surface area contributed by atoms with Crippen LogP contribution >= 0.6 is 11.3 Å². The van der Waals surface area contributed by atoms with Gasteiger partial charge in [-0.1, -0.05) is 26.0 Å². The molecular formula is C20H24N4OS. The Bertz CT molecular complexity index is 881. The van der Waals surface area contributed by atoms with Crippen LogP contribution < -0.4 is 10.2 Å². The Hall–Kier alpha value is -2.47. The minimum Gasteiger partial charge on any atom is -0.374 e. The first-order valence-electron chi connectivity index (χ1n) is 8.89. The highest BCUT2D eigenvalue weighted by atomic mass is 32.1. The molecule has 0 aromatic carbocycles. The van der Waals surface area contributed by atoms with Gasteiger partial charge in [-0.2, -0.15) is 0 Å². The van der Waals surface area contributed by atoms with Gasteiger partial charge < -0.3 is 10.2 Å². The summed E-state index contributed by atoms with van der Waals surface area (Å²) in [4.78, 5) is 24.2. The molecule has 0 saturated carbocycles. The molecule has 1 aliphatic rings. The summed E-state index contributed by atoms with van der Waals surface area (Å²) in [5, 5.41) is 4.15. The van der Waals surface area contributed by atoms with E-state index in [1.54, 1.807) is 12.5 Å². The monoisotopic (exact) mass is 368 g/mol. The molecule has 2 aromatic heterocycles. The molecule has 0 amide bonds. The normalized spacial score (nSPS) is 16.9. The molecule has 0 aliphatic heterocycles. The zero-order chi connectivity index (χ0) is 18.5. The molecule has 2 aromatic rings. The second-order valence-corrected chi connectivity index (χ2v) is 7.53. The summed E-state index contributed by atoms with van der Waals surface area (Å²) in [6.45, 7) is 5.27. The second-order valence-electron chi connectivity index (χ2n) is 6.50. The lowest BCUT2D eigenvalue weighted by molar-refractivity contribution is 0.112. The molecule has 26 heavy (non-hydrogen) atoms. The SMILES string of the molecule is CCCN(C)c1ccnc2sc(C=O)c(N=CNC3=CCC(C)C=C3)c12. The number of hydrogen-bond donors (Lipinski definition) is 1. The summed E-state index contributed by atoms with van der Waals surface area (Å²) in [7, 11) is 2.06. The standard InChI is InChI=1S/C20H24N4OS/c1-4-11-24(3)16-9-10-21-20-18(16)19(17(12-25)26-20)23-13-22-15-7-5-14(2)6-8-15/h5,7-10,12-14H,4,6,11H2,1-3H3,(H,22,23). The van der Waals surface area contributed by atoms with Crippen LogP contribution in [-0.4, -0.2) is 31.2 Å². The third-order valence-electron chi connectivity index (χ3n) is 4.39. The third-order valence-corrected chi connectivity index (χ3v) is 5.40. The minimum atomic E-state index is 0.572. The van der Waals surface area contributed by atoms with E-state index in [9.17, 15) is 4.79 Å². The Morgan fingerprint density at radius 2 is 2.35 bits per heavy atom. The average Bonchev–Trinajstić information content (AvgIpc) is 3.01. The van der Waals surface area contributed by atoms with Crippen LogP contribution in [0, 0.1) is 5.92 Å². The molecule has 1 N–H and O–H groups in total. The van der Waals surface area contributed by atoms with E-state index in [-0.39, 0.29) is 0 Å². The number of fused-ring (bicyclic) bond motifs is 1. The lowest BCUT2D eigenvalue weighted by atomic mass is 10.0. The fraction of sp³-hybridized carbons (Fsp3) is 0.350. The number of hydrogen-bond acceptors (Lipinski definition) is 5. The van der Waals surface area contributed by atoms with Crippen molar-refractivity contribution in [2.45, 2.75) is 26.7 Å². The molecule has 0 spiro atoms. The molecule has 3 rings (SSSR count). The first-order chi connectivity index (χ1) is 12.6. The van der Waals surface area contributed by atoms with Crippen molar-refractivity contribution in [3.8, 4) is 0 Å². The van der Waals surface area contributed by atoms with E-state index in [0.29, 0.717) is 16.5 Å². The highest BCUT2D eigenvalue weighted by molar-refractivity contribution is 7.21. The summed E-state index contributed by atoms with van der Waals surface area (Å²) in [5.74, 6) is 0.572. The van der Waals surface area contributed by atoms with Gasteiger partial charge in [0.15, 0.2) is 6.29 Å². The van der Waals surface area contributed by atoms with Gasteiger partial charge >= 0.3 is 0 Å².